The molecule has 0 spiro atoms. The van der Waals surface area contributed by atoms with E-state index in [2.05, 4.69) is 10.6 Å². The molecule has 0 heterocycles. The molecule has 0 aromatic carbocycles. The molecule has 1 rings (SSSR count). The van der Waals surface area contributed by atoms with Gasteiger partial charge in [0.1, 0.15) is 24.4 Å². The van der Waals surface area contributed by atoms with E-state index in [4.69, 9.17) is 14.2 Å². The Balaban J connectivity index is 2.74. The van der Waals surface area contributed by atoms with Gasteiger partial charge in [0.25, 0.3) is 0 Å². The summed E-state index contributed by atoms with van der Waals surface area (Å²) in [5, 5.41) is 5.38. The zero-order valence-electron chi connectivity index (χ0n) is 23.0. The summed E-state index contributed by atoms with van der Waals surface area (Å²) in [6.45, 7) is 12.4. The molecule has 9 nitrogen and oxygen atoms in total. The van der Waals surface area contributed by atoms with Crippen LogP contribution < -0.4 is 10.6 Å². The van der Waals surface area contributed by atoms with Gasteiger partial charge >= 0.3 is 18.0 Å². The number of allylic oxidation sites excluding steroid dienone is 2. The highest BCUT2D eigenvalue weighted by Gasteiger charge is 2.33. The topological polar surface area (TPSA) is 120 Å². The molecule has 2 N–H and O–H groups in total. The quantitative estimate of drug-likeness (QED) is 0.294. The lowest BCUT2D eigenvalue weighted by Gasteiger charge is -2.34. The Kier molecular flexibility index (Phi) is 12.2. The van der Waals surface area contributed by atoms with E-state index < -0.39 is 28.7 Å². The molecule has 0 unspecified atom stereocenters. The molecule has 0 atom stereocenters. The van der Waals surface area contributed by atoms with Gasteiger partial charge in [-0.3, -0.25) is 14.4 Å². The van der Waals surface area contributed by atoms with Crippen molar-refractivity contribution < 1.29 is 33.4 Å². The summed E-state index contributed by atoms with van der Waals surface area (Å²) >= 11 is 0. The molecule has 1 aliphatic rings. The molecular formula is C27H44N2O7. The van der Waals surface area contributed by atoms with Crippen molar-refractivity contribution in [2.24, 2.45) is 0 Å². The molecule has 36 heavy (non-hydrogen) atoms. The smallest absolute Gasteiger partial charge is 0.407 e. The van der Waals surface area contributed by atoms with Crippen LogP contribution in [-0.4, -0.2) is 53.8 Å². The summed E-state index contributed by atoms with van der Waals surface area (Å²) in [5.74, 6) is -1.22. The molecule has 0 aromatic heterocycles. The van der Waals surface area contributed by atoms with E-state index in [9.17, 15) is 19.2 Å². The van der Waals surface area contributed by atoms with Gasteiger partial charge in [0.2, 0.25) is 5.91 Å². The third kappa shape index (κ3) is 13.9. The molecule has 204 valence electrons. The van der Waals surface area contributed by atoms with E-state index in [0.717, 1.165) is 18.4 Å². The van der Waals surface area contributed by atoms with Gasteiger partial charge in [0.15, 0.2) is 0 Å². The minimum absolute atomic E-state index is 0.0673. The number of alkyl carbamates (subject to hydrolysis) is 1. The predicted molar refractivity (Wildman–Crippen MR) is 137 cm³/mol. The van der Waals surface area contributed by atoms with Gasteiger partial charge in [-0.1, -0.05) is 25.2 Å². The maximum absolute atomic E-state index is 12.7. The van der Waals surface area contributed by atoms with Crippen molar-refractivity contribution in [1.29, 1.82) is 0 Å². The highest BCUT2D eigenvalue weighted by atomic mass is 16.6. The molecule has 0 bridgehead atoms. The van der Waals surface area contributed by atoms with Crippen LogP contribution in [0.15, 0.2) is 23.8 Å². The van der Waals surface area contributed by atoms with E-state index in [1.165, 1.54) is 0 Å². The van der Waals surface area contributed by atoms with Crippen molar-refractivity contribution in [3.05, 3.63) is 23.8 Å². The third-order valence-corrected chi connectivity index (χ3v) is 5.37. The number of carbonyl (C=O) groups is 4. The highest BCUT2D eigenvalue weighted by Crippen LogP contribution is 2.26. The molecular weight excluding hydrogens is 464 g/mol. The fourth-order valence-electron chi connectivity index (χ4n) is 3.63. The lowest BCUT2D eigenvalue weighted by Crippen LogP contribution is -2.52. The number of rotatable bonds is 12. The van der Waals surface area contributed by atoms with Crippen LogP contribution in [0.5, 0.6) is 0 Å². The molecule has 1 aliphatic carbocycles. The maximum atomic E-state index is 12.7. The van der Waals surface area contributed by atoms with Crippen molar-refractivity contribution in [2.75, 3.05) is 13.2 Å². The van der Waals surface area contributed by atoms with E-state index in [1.807, 2.05) is 25.2 Å². The van der Waals surface area contributed by atoms with E-state index in [-0.39, 0.29) is 50.8 Å². The first-order chi connectivity index (χ1) is 16.6. The minimum Gasteiger partial charge on any atom is -0.460 e. The molecule has 0 fully saturated rings. The van der Waals surface area contributed by atoms with Gasteiger partial charge in [0.05, 0.1) is 0 Å². The SMILES string of the molecule is CCC(CCC(=O)OC(C)(C)C)(CCC(=O)OC(C)(C)C)NC(=O)CNC(=O)OCC1=CCCC=C1. The van der Waals surface area contributed by atoms with Gasteiger partial charge in [0, 0.05) is 18.4 Å². The van der Waals surface area contributed by atoms with Crippen LogP contribution in [-0.2, 0) is 28.6 Å². The van der Waals surface area contributed by atoms with Crippen LogP contribution in [0.4, 0.5) is 4.79 Å². The first kappa shape index (κ1) is 31.2. The Labute approximate surface area is 215 Å². The predicted octanol–water partition coefficient (Wildman–Crippen LogP) is 4.50. The maximum Gasteiger partial charge on any atom is 0.407 e. The van der Waals surface area contributed by atoms with Crippen LogP contribution >= 0.6 is 0 Å². The Hall–Kier alpha value is -2.84. The van der Waals surface area contributed by atoms with Crippen LogP contribution in [0.3, 0.4) is 0 Å². The summed E-state index contributed by atoms with van der Waals surface area (Å²) in [6.07, 6.45) is 8.26. The van der Waals surface area contributed by atoms with Crippen LogP contribution in [0, 0.1) is 0 Å². The minimum atomic E-state index is -0.853. The number of nitrogens with one attached hydrogen (secondary N) is 2. The second-order valence-electron chi connectivity index (χ2n) is 11.0. The fraction of sp³-hybridized carbons (Fsp3) is 0.704. The second kappa shape index (κ2) is 14.0. The molecule has 0 saturated heterocycles. The summed E-state index contributed by atoms with van der Waals surface area (Å²) in [6, 6.07) is 0. The largest absolute Gasteiger partial charge is 0.460 e. The number of hydrogen-bond donors (Lipinski definition) is 2. The monoisotopic (exact) mass is 508 g/mol. The molecule has 2 amide bonds. The van der Waals surface area contributed by atoms with Crippen molar-refractivity contribution in [3.63, 3.8) is 0 Å². The normalized spacial score (nSPS) is 13.9. The van der Waals surface area contributed by atoms with E-state index >= 15 is 0 Å². The lowest BCUT2D eigenvalue weighted by molar-refractivity contribution is -0.155. The summed E-state index contributed by atoms with van der Waals surface area (Å²) < 4.78 is 16.0. The number of hydrogen-bond acceptors (Lipinski definition) is 7. The number of ether oxygens (including phenoxy) is 3. The molecule has 0 aliphatic heterocycles. The van der Waals surface area contributed by atoms with Gasteiger partial charge < -0.3 is 24.8 Å². The van der Waals surface area contributed by atoms with Gasteiger partial charge in [-0.05, 0) is 79.2 Å². The first-order valence-electron chi connectivity index (χ1n) is 12.6. The Morgan fingerprint density at radius 1 is 0.889 bits per heavy atom. The van der Waals surface area contributed by atoms with Crippen LogP contribution in [0.1, 0.15) is 93.4 Å². The molecule has 0 aromatic rings. The van der Waals surface area contributed by atoms with Crippen molar-refractivity contribution in [1.82, 2.24) is 10.6 Å². The summed E-state index contributed by atoms with van der Waals surface area (Å²) in [5.41, 5.74) is -1.19. The average molecular weight is 509 g/mol. The van der Waals surface area contributed by atoms with Gasteiger partial charge in [-0.2, -0.15) is 0 Å². The van der Waals surface area contributed by atoms with Crippen molar-refractivity contribution in [3.8, 4) is 0 Å². The Bertz CT molecular complexity index is 800. The highest BCUT2D eigenvalue weighted by molar-refractivity contribution is 5.83. The zero-order chi connectivity index (χ0) is 27.4. The van der Waals surface area contributed by atoms with Crippen molar-refractivity contribution in [2.45, 2.75) is 110 Å². The van der Waals surface area contributed by atoms with Crippen LogP contribution in [0.2, 0.25) is 0 Å². The van der Waals surface area contributed by atoms with E-state index in [0.29, 0.717) is 6.42 Å². The van der Waals surface area contributed by atoms with Crippen molar-refractivity contribution >= 4 is 23.9 Å². The zero-order valence-corrected chi connectivity index (χ0v) is 23.0. The molecule has 0 saturated carbocycles. The second-order valence-corrected chi connectivity index (χ2v) is 11.0. The Morgan fingerprint density at radius 2 is 1.44 bits per heavy atom. The fourth-order valence-corrected chi connectivity index (χ4v) is 3.63. The number of carbonyl (C=O) groups excluding carboxylic acids is 4. The van der Waals surface area contributed by atoms with Crippen LogP contribution in [0.25, 0.3) is 0 Å². The summed E-state index contributed by atoms with van der Waals surface area (Å²) in [4.78, 5) is 49.5. The average Bonchev–Trinajstić information content (AvgIpc) is 2.76. The lowest BCUT2D eigenvalue weighted by atomic mass is 9.85. The number of esters is 2. The molecule has 9 heteroatoms. The number of amides is 2. The Morgan fingerprint density at radius 3 is 1.89 bits per heavy atom. The van der Waals surface area contributed by atoms with E-state index in [1.54, 1.807) is 41.5 Å². The van der Waals surface area contributed by atoms with Gasteiger partial charge in [-0.25, -0.2) is 4.79 Å². The third-order valence-electron chi connectivity index (χ3n) is 5.37. The van der Waals surface area contributed by atoms with Gasteiger partial charge in [-0.15, -0.1) is 0 Å². The first-order valence-corrected chi connectivity index (χ1v) is 12.6. The summed E-state index contributed by atoms with van der Waals surface area (Å²) in [7, 11) is 0. The standard InChI is InChI=1S/C27H44N2O7/c1-8-27(16-14-22(31)35-25(2,3)4,17-15-23(32)36-26(5,6)7)29-21(30)18-28-24(33)34-19-20-12-10-9-11-13-20/h10,12-13H,8-9,11,14-19H2,1-7H3,(H,28,33)(H,29,30). The molecule has 0 radical (unpaired) electrons.